The Hall–Kier alpha value is 0.640. The second kappa shape index (κ2) is 30.8. The SMILES string of the molecule is CNCCNCCSP(=O)(O)O.CNCCNCCSP(=O)(O)O.O.O.O.O.O. The van der Waals surface area contributed by atoms with E-state index in [-0.39, 0.29) is 27.4 Å². The van der Waals surface area contributed by atoms with Crippen LogP contribution in [0.3, 0.4) is 0 Å². The Morgan fingerprint density at radius 2 is 0.862 bits per heavy atom. The van der Waals surface area contributed by atoms with Gasteiger partial charge in [-0.1, -0.05) is 0 Å². The first-order valence-corrected chi connectivity index (χ1v) is 13.6. The molecule has 19 heteroatoms. The standard InChI is InChI=1S/2C5H15N2O3PS.5H2O/c2*1-6-2-3-7-4-5-12-11(8,9)10;;;;;/h2*6-7H,2-5H2,1H3,(H2,8,9,10);5*1H2. The zero-order valence-electron chi connectivity index (χ0n) is 16.5. The van der Waals surface area contributed by atoms with Gasteiger partial charge in [-0.3, -0.25) is 0 Å². The summed E-state index contributed by atoms with van der Waals surface area (Å²) >= 11 is 1.35. The van der Waals surface area contributed by atoms with E-state index in [4.69, 9.17) is 19.6 Å². The van der Waals surface area contributed by atoms with Gasteiger partial charge in [-0.2, -0.15) is 0 Å². The minimum absolute atomic E-state index is 0. The third kappa shape index (κ3) is 58.5. The van der Waals surface area contributed by atoms with Gasteiger partial charge in [0.15, 0.2) is 0 Å². The second-order valence-electron chi connectivity index (χ2n) is 4.35. The van der Waals surface area contributed by atoms with Crippen LogP contribution < -0.4 is 21.3 Å². The quantitative estimate of drug-likeness (QED) is 0.0792. The highest BCUT2D eigenvalue weighted by molar-refractivity contribution is 8.54. The van der Waals surface area contributed by atoms with E-state index < -0.39 is 13.6 Å². The summed E-state index contributed by atoms with van der Waals surface area (Å²) in [7, 11) is 3.71. The van der Waals surface area contributed by atoms with Gasteiger partial charge < -0.3 is 68.2 Å². The van der Waals surface area contributed by atoms with Crippen LogP contribution in [0.4, 0.5) is 0 Å². The predicted molar refractivity (Wildman–Crippen MR) is 121 cm³/mol. The maximum Gasteiger partial charge on any atom is 0.384 e. The first-order chi connectivity index (χ1) is 11.1. The molecule has 0 aromatic heterocycles. The Labute approximate surface area is 178 Å². The first kappa shape index (κ1) is 47.4. The molecular formula is C10H40N4O11P2S2. The number of nitrogens with one attached hydrogen (secondary N) is 4. The second-order valence-corrected chi connectivity index (χ2v) is 12.1. The van der Waals surface area contributed by atoms with Crippen molar-refractivity contribution in [3.05, 3.63) is 0 Å². The first-order valence-electron chi connectivity index (χ1n) is 7.23. The van der Waals surface area contributed by atoms with Crippen molar-refractivity contribution in [3.63, 3.8) is 0 Å². The van der Waals surface area contributed by atoms with E-state index in [9.17, 15) is 9.13 Å². The monoisotopic (exact) mass is 518 g/mol. The number of hydrogen-bond donors (Lipinski definition) is 8. The summed E-state index contributed by atoms with van der Waals surface area (Å²) in [6, 6.07) is 0. The van der Waals surface area contributed by atoms with Gasteiger partial charge >= 0.3 is 13.6 Å². The average Bonchev–Trinajstić information content (AvgIpc) is 2.45. The molecule has 0 atom stereocenters. The van der Waals surface area contributed by atoms with E-state index in [0.717, 1.165) is 26.2 Å². The molecule has 18 N–H and O–H groups in total. The Kier molecular flexibility index (Phi) is 50.4. The van der Waals surface area contributed by atoms with Crippen molar-refractivity contribution < 1.29 is 56.1 Å². The van der Waals surface area contributed by atoms with Crippen LogP contribution in [0.5, 0.6) is 0 Å². The fraction of sp³-hybridized carbons (Fsp3) is 1.00. The van der Waals surface area contributed by atoms with E-state index >= 15 is 0 Å². The molecule has 0 bridgehead atoms. The van der Waals surface area contributed by atoms with Crippen molar-refractivity contribution in [2.75, 3.05) is 64.9 Å². The van der Waals surface area contributed by atoms with Crippen LogP contribution in [0, 0.1) is 0 Å². The van der Waals surface area contributed by atoms with Crippen LogP contribution in [0.25, 0.3) is 0 Å². The van der Waals surface area contributed by atoms with Gasteiger partial charge in [-0.15, -0.1) is 0 Å². The van der Waals surface area contributed by atoms with E-state index in [1.54, 1.807) is 0 Å². The molecule has 0 radical (unpaired) electrons. The third-order valence-corrected chi connectivity index (χ3v) is 6.74. The lowest BCUT2D eigenvalue weighted by atomic mass is 10.6. The van der Waals surface area contributed by atoms with Crippen molar-refractivity contribution in [1.29, 1.82) is 0 Å². The van der Waals surface area contributed by atoms with Crippen LogP contribution in [0.15, 0.2) is 0 Å². The van der Waals surface area contributed by atoms with Crippen LogP contribution in [0.1, 0.15) is 0 Å². The molecule has 0 rings (SSSR count). The van der Waals surface area contributed by atoms with Gasteiger partial charge in [0.05, 0.1) is 0 Å². The molecule has 0 aliphatic heterocycles. The minimum Gasteiger partial charge on any atom is -0.412 e. The summed E-state index contributed by atoms with van der Waals surface area (Å²) in [5, 5.41) is 12.0. The summed E-state index contributed by atoms with van der Waals surface area (Å²) in [5.74, 6) is 0.877. The third-order valence-electron chi connectivity index (χ3n) is 2.18. The lowest BCUT2D eigenvalue weighted by Gasteiger charge is -2.04. The maximum absolute atomic E-state index is 10.3. The number of likely N-dealkylation sites (N-methyl/N-ethyl adjacent to an activating group) is 2. The molecule has 0 fully saturated rings. The molecule has 0 amide bonds. The Bertz CT molecular complexity index is 346. The zero-order valence-corrected chi connectivity index (χ0v) is 19.9. The molecule has 0 saturated carbocycles. The lowest BCUT2D eigenvalue weighted by molar-refractivity contribution is 0.394. The molecule has 0 aromatic rings. The summed E-state index contributed by atoms with van der Waals surface area (Å²) in [6.45, 7) is -3.12. The Morgan fingerprint density at radius 3 is 1.07 bits per heavy atom. The molecule has 0 unspecified atom stereocenters. The van der Waals surface area contributed by atoms with Crippen molar-refractivity contribution in [3.8, 4) is 0 Å². The largest absolute Gasteiger partial charge is 0.412 e. The fourth-order valence-corrected chi connectivity index (χ4v) is 4.07. The lowest BCUT2D eigenvalue weighted by Crippen LogP contribution is -2.26. The van der Waals surface area contributed by atoms with Crippen molar-refractivity contribution in [1.82, 2.24) is 21.3 Å². The smallest absolute Gasteiger partial charge is 0.384 e. The van der Waals surface area contributed by atoms with Gasteiger partial charge in [0, 0.05) is 50.8 Å². The van der Waals surface area contributed by atoms with Gasteiger partial charge in [0.1, 0.15) is 0 Å². The molecule has 0 saturated heterocycles. The molecule has 29 heavy (non-hydrogen) atoms. The molecule has 15 nitrogen and oxygen atoms in total. The van der Waals surface area contributed by atoms with Gasteiger partial charge in [-0.25, -0.2) is 9.13 Å². The molecular weight excluding hydrogens is 478 g/mol. The van der Waals surface area contributed by atoms with E-state index in [1.165, 1.54) is 0 Å². The molecule has 0 aromatic carbocycles. The van der Waals surface area contributed by atoms with Crippen molar-refractivity contribution in [2.24, 2.45) is 0 Å². The van der Waals surface area contributed by atoms with Crippen LogP contribution >= 0.6 is 36.4 Å². The highest BCUT2D eigenvalue weighted by atomic mass is 32.7. The average molecular weight is 519 g/mol. The van der Waals surface area contributed by atoms with Crippen molar-refractivity contribution >= 4 is 36.4 Å². The van der Waals surface area contributed by atoms with Crippen molar-refractivity contribution in [2.45, 2.75) is 0 Å². The van der Waals surface area contributed by atoms with Crippen LogP contribution in [0.2, 0.25) is 0 Å². The summed E-state index contributed by atoms with van der Waals surface area (Å²) in [6.07, 6.45) is 0. The highest BCUT2D eigenvalue weighted by Crippen LogP contribution is 2.50. The van der Waals surface area contributed by atoms with Gasteiger partial charge in [0.2, 0.25) is 0 Å². The molecule has 0 heterocycles. The Balaban J connectivity index is -0.0000000569. The molecule has 0 aliphatic carbocycles. The van der Waals surface area contributed by atoms with Crippen LogP contribution in [-0.2, 0) is 9.13 Å². The van der Waals surface area contributed by atoms with E-state index in [2.05, 4.69) is 21.3 Å². The maximum atomic E-state index is 10.3. The van der Waals surface area contributed by atoms with E-state index in [0.29, 0.717) is 47.4 Å². The summed E-state index contributed by atoms with van der Waals surface area (Å²) in [4.78, 5) is 33.8. The number of rotatable bonds is 14. The van der Waals surface area contributed by atoms with Gasteiger partial charge in [-0.05, 0) is 36.9 Å². The number of hydrogen-bond acceptors (Lipinski definition) is 8. The highest BCUT2D eigenvalue weighted by Gasteiger charge is 2.12. The normalized spacial score (nSPS) is 9.86. The topological polar surface area (TPSA) is 321 Å². The molecule has 0 spiro atoms. The summed E-state index contributed by atoms with van der Waals surface area (Å²) in [5.41, 5.74) is 0. The van der Waals surface area contributed by atoms with E-state index in [1.807, 2.05) is 14.1 Å². The molecule has 188 valence electrons. The summed E-state index contributed by atoms with van der Waals surface area (Å²) < 4.78 is 20.7. The zero-order chi connectivity index (χ0) is 18.9. The Morgan fingerprint density at radius 1 is 0.586 bits per heavy atom. The predicted octanol–water partition coefficient (Wildman–Crippen LogP) is -4.88. The van der Waals surface area contributed by atoms with Crippen LogP contribution in [-0.4, -0.2) is 112 Å². The fourth-order valence-electron chi connectivity index (χ4n) is 1.15. The minimum atomic E-state index is -3.86. The molecule has 0 aliphatic rings. The van der Waals surface area contributed by atoms with Gasteiger partial charge in [0.25, 0.3) is 0 Å².